The number of hydrogen-bond acceptors (Lipinski definition) is 4. The highest BCUT2D eigenvalue weighted by Gasteiger charge is 2.16. The normalized spacial score (nSPS) is 20.1. The van der Waals surface area contributed by atoms with Gasteiger partial charge >= 0.3 is 0 Å². The SMILES string of the molecule is C=N/C=C(\C=N/CNCC1CCCN(C)C1)c1ccc(F)cc1. The maximum atomic E-state index is 13.0. The first kappa shape index (κ1) is 17.5. The van der Waals surface area contributed by atoms with E-state index in [9.17, 15) is 4.39 Å². The third-order valence-electron chi connectivity index (χ3n) is 4.00. The van der Waals surface area contributed by atoms with Crippen molar-refractivity contribution < 1.29 is 4.39 Å². The highest BCUT2D eigenvalue weighted by Crippen LogP contribution is 2.14. The third-order valence-corrected chi connectivity index (χ3v) is 4.00. The van der Waals surface area contributed by atoms with E-state index in [4.69, 9.17) is 0 Å². The lowest BCUT2D eigenvalue weighted by molar-refractivity contribution is 0.207. The van der Waals surface area contributed by atoms with Gasteiger partial charge in [0.1, 0.15) is 5.82 Å². The van der Waals surface area contributed by atoms with E-state index in [-0.39, 0.29) is 5.82 Å². The summed E-state index contributed by atoms with van der Waals surface area (Å²) in [6.45, 7) is 7.38. The second kappa shape index (κ2) is 9.33. The lowest BCUT2D eigenvalue weighted by Crippen LogP contribution is -2.37. The van der Waals surface area contributed by atoms with E-state index in [1.54, 1.807) is 24.5 Å². The fourth-order valence-electron chi connectivity index (χ4n) is 2.84. The van der Waals surface area contributed by atoms with E-state index >= 15 is 0 Å². The average Bonchev–Trinajstić information content (AvgIpc) is 2.54. The standard InChI is InChI=1S/C18H25FN4/c1-20-11-17(16-5-7-18(19)8-6-16)12-22-14-21-10-15-4-3-9-23(2)13-15/h5-8,11-12,15,21H,1,3-4,9-10,13-14H2,2H3/b17-11+,22-12-. The first-order valence-corrected chi connectivity index (χ1v) is 8.00. The highest BCUT2D eigenvalue weighted by atomic mass is 19.1. The topological polar surface area (TPSA) is 40.0 Å². The first-order valence-electron chi connectivity index (χ1n) is 8.00. The molecule has 0 radical (unpaired) electrons. The summed E-state index contributed by atoms with van der Waals surface area (Å²) >= 11 is 0. The Morgan fingerprint density at radius 1 is 1.43 bits per heavy atom. The molecule has 1 aromatic rings. The number of halogens is 1. The molecule has 0 bridgehead atoms. The molecule has 1 fully saturated rings. The second-order valence-corrected chi connectivity index (χ2v) is 5.97. The van der Waals surface area contributed by atoms with E-state index in [1.807, 2.05) is 0 Å². The third kappa shape index (κ3) is 6.04. The monoisotopic (exact) mass is 316 g/mol. The summed E-state index contributed by atoms with van der Waals surface area (Å²) in [6, 6.07) is 6.28. The minimum Gasteiger partial charge on any atom is -0.306 e. The van der Waals surface area contributed by atoms with Gasteiger partial charge in [-0.3, -0.25) is 15.3 Å². The number of rotatable bonds is 7. The smallest absolute Gasteiger partial charge is 0.123 e. The molecule has 5 heteroatoms. The molecule has 1 N–H and O–H groups in total. The number of piperidine rings is 1. The quantitative estimate of drug-likeness (QED) is 0.621. The molecule has 1 saturated heterocycles. The average molecular weight is 316 g/mol. The number of nitrogens with zero attached hydrogens (tertiary/aromatic N) is 3. The maximum absolute atomic E-state index is 13.0. The number of aliphatic imine (C=N–C) groups is 2. The summed E-state index contributed by atoms with van der Waals surface area (Å²) in [5.41, 5.74) is 1.69. The number of allylic oxidation sites excluding steroid dienone is 1. The Hall–Kier alpha value is -1.85. The summed E-state index contributed by atoms with van der Waals surface area (Å²) in [4.78, 5) is 10.6. The van der Waals surface area contributed by atoms with Crippen LogP contribution in [0.3, 0.4) is 0 Å². The van der Waals surface area contributed by atoms with Crippen LogP contribution in [0.2, 0.25) is 0 Å². The van der Waals surface area contributed by atoms with Crippen molar-refractivity contribution >= 4 is 18.5 Å². The molecule has 1 aliphatic rings. The molecular formula is C18H25FN4. The predicted molar refractivity (Wildman–Crippen MR) is 95.5 cm³/mol. The number of nitrogens with one attached hydrogen (secondary N) is 1. The van der Waals surface area contributed by atoms with Crippen molar-refractivity contribution in [3.8, 4) is 0 Å². The Bertz CT molecular complexity index is 551. The van der Waals surface area contributed by atoms with Gasteiger partial charge in [-0.15, -0.1) is 0 Å². The van der Waals surface area contributed by atoms with Crippen LogP contribution >= 0.6 is 0 Å². The van der Waals surface area contributed by atoms with Gasteiger partial charge in [-0.05, 0) is 56.8 Å². The molecule has 0 aliphatic carbocycles. The van der Waals surface area contributed by atoms with Crippen LogP contribution in [-0.4, -0.2) is 51.2 Å². The maximum Gasteiger partial charge on any atom is 0.123 e. The molecular weight excluding hydrogens is 291 g/mol. The van der Waals surface area contributed by atoms with Crippen LogP contribution in [0.5, 0.6) is 0 Å². The minimum atomic E-state index is -0.254. The number of benzene rings is 1. The molecule has 0 saturated carbocycles. The van der Waals surface area contributed by atoms with Crippen molar-refractivity contribution in [3.63, 3.8) is 0 Å². The summed E-state index contributed by atoms with van der Waals surface area (Å²) < 4.78 is 13.0. The van der Waals surface area contributed by atoms with Crippen molar-refractivity contribution in [3.05, 3.63) is 41.8 Å². The van der Waals surface area contributed by atoms with Crippen LogP contribution in [0.4, 0.5) is 4.39 Å². The van der Waals surface area contributed by atoms with Crippen molar-refractivity contribution in [1.82, 2.24) is 10.2 Å². The Morgan fingerprint density at radius 2 is 2.22 bits per heavy atom. The molecule has 0 amide bonds. The van der Waals surface area contributed by atoms with Gasteiger partial charge in [-0.2, -0.15) is 0 Å². The summed E-state index contributed by atoms with van der Waals surface area (Å²) in [5.74, 6) is 0.446. The van der Waals surface area contributed by atoms with Gasteiger partial charge in [-0.1, -0.05) is 12.1 Å². The van der Waals surface area contributed by atoms with Gasteiger partial charge in [0, 0.05) is 31.1 Å². The second-order valence-electron chi connectivity index (χ2n) is 5.97. The van der Waals surface area contributed by atoms with Gasteiger partial charge in [0.05, 0.1) is 6.67 Å². The summed E-state index contributed by atoms with van der Waals surface area (Å²) in [5, 5.41) is 3.38. The van der Waals surface area contributed by atoms with Gasteiger partial charge in [-0.25, -0.2) is 4.39 Å². The molecule has 1 aliphatic heterocycles. The van der Waals surface area contributed by atoms with Crippen LogP contribution in [0.25, 0.3) is 5.57 Å². The fraction of sp³-hybridized carbons (Fsp3) is 0.444. The van der Waals surface area contributed by atoms with Gasteiger partial charge in [0.15, 0.2) is 0 Å². The zero-order chi connectivity index (χ0) is 16.5. The lowest BCUT2D eigenvalue weighted by atomic mass is 9.99. The van der Waals surface area contributed by atoms with E-state index in [0.29, 0.717) is 12.6 Å². The summed E-state index contributed by atoms with van der Waals surface area (Å²) in [6.07, 6.45) is 5.94. The molecule has 124 valence electrons. The molecule has 0 aromatic heterocycles. The van der Waals surface area contributed by atoms with Gasteiger partial charge < -0.3 is 4.90 Å². The van der Waals surface area contributed by atoms with E-state index < -0.39 is 0 Å². The van der Waals surface area contributed by atoms with Crippen LogP contribution in [0.15, 0.2) is 40.5 Å². The molecule has 1 atom stereocenters. The minimum absolute atomic E-state index is 0.254. The summed E-state index contributed by atoms with van der Waals surface area (Å²) in [7, 11) is 2.17. The fourth-order valence-corrected chi connectivity index (χ4v) is 2.84. The van der Waals surface area contributed by atoms with Crippen molar-refractivity contribution in [2.24, 2.45) is 15.9 Å². The van der Waals surface area contributed by atoms with Crippen LogP contribution in [0.1, 0.15) is 18.4 Å². The Kier molecular flexibility index (Phi) is 7.10. The zero-order valence-corrected chi connectivity index (χ0v) is 13.7. The molecule has 23 heavy (non-hydrogen) atoms. The molecule has 2 rings (SSSR count). The Morgan fingerprint density at radius 3 is 2.91 bits per heavy atom. The molecule has 4 nitrogen and oxygen atoms in total. The van der Waals surface area contributed by atoms with E-state index in [0.717, 1.165) is 24.2 Å². The van der Waals surface area contributed by atoms with Crippen LogP contribution in [0, 0.1) is 11.7 Å². The van der Waals surface area contributed by atoms with E-state index in [2.05, 4.69) is 34.0 Å². The van der Waals surface area contributed by atoms with Crippen molar-refractivity contribution in [2.75, 3.05) is 33.4 Å². The van der Waals surface area contributed by atoms with Crippen LogP contribution < -0.4 is 5.32 Å². The van der Waals surface area contributed by atoms with Crippen molar-refractivity contribution in [1.29, 1.82) is 0 Å². The van der Waals surface area contributed by atoms with Gasteiger partial charge in [0.2, 0.25) is 0 Å². The van der Waals surface area contributed by atoms with Crippen LogP contribution in [-0.2, 0) is 0 Å². The zero-order valence-electron chi connectivity index (χ0n) is 13.7. The Labute approximate surface area is 137 Å². The molecule has 1 heterocycles. The van der Waals surface area contributed by atoms with Crippen molar-refractivity contribution in [2.45, 2.75) is 12.8 Å². The number of hydrogen-bond donors (Lipinski definition) is 1. The highest BCUT2D eigenvalue weighted by molar-refractivity contribution is 6.09. The number of likely N-dealkylation sites (tertiary alicyclic amines) is 1. The van der Waals surface area contributed by atoms with Gasteiger partial charge in [0.25, 0.3) is 0 Å². The largest absolute Gasteiger partial charge is 0.306 e. The van der Waals surface area contributed by atoms with E-state index in [1.165, 1.54) is 31.5 Å². The first-order chi connectivity index (χ1) is 11.2. The predicted octanol–water partition coefficient (Wildman–Crippen LogP) is 2.83. The molecule has 0 spiro atoms. The lowest BCUT2D eigenvalue weighted by Gasteiger charge is -2.29. The Balaban J connectivity index is 1.81. The molecule has 1 aromatic carbocycles. The molecule has 1 unspecified atom stereocenters.